The summed E-state index contributed by atoms with van der Waals surface area (Å²) < 4.78 is 0.772. The summed E-state index contributed by atoms with van der Waals surface area (Å²) in [5, 5.41) is 14.6. The number of nitrogens with one attached hydrogen (secondary N) is 1. The van der Waals surface area contributed by atoms with E-state index in [1.165, 1.54) is 23.5 Å². The molecule has 2 aromatic rings. The second-order valence-corrected chi connectivity index (χ2v) is 6.19. The van der Waals surface area contributed by atoms with Crippen LogP contribution in [0, 0.1) is 12.1 Å². The van der Waals surface area contributed by atoms with E-state index in [9.17, 15) is 10.0 Å². The maximum Gasteiger partial charge on any atom is 0.252 e. The first-order valence-electron chi connectivity index (χ1n) is 6.74. The number of nitrogens with zero attached hydrogens (tertiary/aromatic N) is 1. The molecular formula is C16H18N2O2S. The molecule has 0 aliphatic heterocycles. The van der Waals surface area contributed by atoms with Crippen LogP contribution in [0.5, 0.6) is 0 Å². The molecule has 5 heteroatoms. The minimum atomic E-state index is -0.321. The van der Waals surface area contributed by atoms with Crippen molar-refractivity contribution in [3.05, 3.63) is 65.0 Å². The van der Waals surface area contributed by atoms with Crippen molar-refractivity contribution in [2.45, 2.75) is 30.7 Å². The normalized spacial score (nSPS) is 11.9. The molecule has 1 aromatic heterocycles. The molecule has 21 heavy (non-hydrogen) atoms. The summed E-state index contributed by atoms with van der Waals surface area (Å²) in [5.74, 6) is -0.0792. The number of hydrogen-bond donors (Lipinski definition) is 1. The molecule has 1 atom stereocenters. The molecule has 0 aliphatic carbocycles. The van der Waals surface area contributed by atoms with Gasteiger partial charge in [0, 0.05) is 18.7 Å². The van der Waals surface area contributed by atoms with Crippen LogP contribution in [-0.2, 0) is 11.3 Å². The number of carbonyl (C=O) groups excluding carboxylic acids is 1. The van der Waals surface area contributed by atoms with Crippen molar-refractivity contribution in [1.82, 2.24) is 5.32 Å². The Morgan fingerprint density at radius 2 is 2.00 bits per heavy atom. The maximum atomic E-state index is 12.1. The van der Waals surface area contributed by atoms with Crippen molar-refractivity contribution in [3.63, 3.8) is 0 Å². The van der Waals surface area contributed by atoms with Gasteiger partial charge in [-0.3, -0.25) is 4.79 Å². The number of amides is 1. The smallest absolute Gasteiger partial charge is 0.252 e. The molecule has 1 aromatic carbocycles. The minimum Gasteiger partial charge on any atom is -0.618 e. The summed E-state index contributed by atoms with van der Waals surface area (Å²) in [6, 6.07) is 13.2. The molecule has 0 aliphatic rings. The number of aryl methyl sites for hydroxylation is 1. The largest absolute Gasteiger partial charge is 0.618 e. The highest BCUT2D eigenvalue weighted by atomic mass is 32.2. The van der Waals surface area contributed by atoms with Gasteiger partial charge in [-0.25, -0.2) is 0 Å². The summed E-state index contributed by atoms with van der Waals surface area (Å²) >= 11 is 1.25. The zero-order chi connectivity index (χ0) is 15.2. The van der Waals surface area contributed by atoms with Crippen LogP contribution in [0.25, 0.3) is 0 Å². The van der Waals surface area contributed by atoms with E-state index in [-0.39, 0.29) is 11.2 Å². The SMILES string of the molecule is Cc1ccc(CNC(=O)C(C)Sc2cccc[n+]2[O-])cc1. The Balaban J connectivity index is 1.88. The first-order valence-corrected chi connectivity index (χ1v) is 7.62. The second kappa shape index (κ2) is 7.13. The number of pyridine rings is 1. The van der Waals surface area contributed by atoms with Crippen molar-refractivity contribution in [2.75, 3.05) is 0 Å². The van der Waals surface area contributed by atoms with Gasteiger partial charge in [0.2, 0.25) is 5.91 Å². The lowest BCUT2D eigenvalue weighted by Gasteiger charge is -2.11. The molecule has 0 spiro atoms. The highest BCUT2D eigenvalue weighted by Crippen LogP contribution is 2.19. The number of hydrogen-bond acceptors (Lipinski definition) is 3. The van der Waals surface area contributed by atoms with Crippen LogP contribution in [-0.4, -0.2) is 11.2 Å². The Hall–Kier alpha value is -2.01. The molecule has 1 amide bonds. The van der Waals surface area contributed by atoms with Crippen molar-refractivity contribution in [3.8, 4) is 0 Å². The predicted octanol–water partition coefficient (Wildman–Crippen LogP) is 2.43. The van der Waals surface area contributed by atoms with E-state index in [4.69, 9.17) is 0 Å². The Kier molecular flexibility index (Phi) is 5.22. The molecule has 1 unspecified atom stereocenters. The van der Waals surface area contributed by atoms with Gasteiger partial charge in [-0.15, -0.1) is 0 Å². The lowest BCUT2D eigenvalue weighted by molar-refractivity contribution is -0.645. The molecule has 2 rings (SSSR count). The third-order valence-electron chi connectivity index (χ3n) is 3.04. The van der Waals surface area contributed by atoms with Crippen molar-refractivity contribution in [2.24, 2.45) is 0 Å². The molecule has 4 nitrogen and oxygen atoms in total. The number of carbonyl (C=O) groups is 1. The van der Waals surface area contributed by atoms with E-state index >= 15 is 0 Å². The van der Waals surface area contributed by atoms with Gasteiger partial charge in [-0.2, -0.15) is 4.73 Å². The third-order valence-corrected chi connectivity index (χ3v) is 4.17. The lowest BCUT2D eigenvalue weighted by atomic mass is 10.1. The van der Waals surface area contributed by atoms with Crippen molar-refractivity contribution >= 4 is 17.7 Å². The van der Waals surface area contributed by atoms with E-state index in [0.29, 0.717) is 11.6 Å². The molecule has 0 fully saturated rings. The first-order chi connectivity index (χ1) is 10.1. The van der Waals surface area contributed by atoms with E-state index in [1.54, 1.807) is 25.1 Å². The van der Waals surface area contributed by atoms with Gasteiger partial charge < -0.3 is 10.5 Å². The van der Waals surface area contributed by atoms with Crippen LogP contribution in [0.4, 0.5) is 0 Å². The van der Waals surface area contributed by atoms with Gasteiger partial charge in [0.25, 0.3) is 5.03 Å². The summed E-state index contributed by atoms with van der Waals surface area (Å²) in [6.45, 7) is 4.32. The average Bonchev–Trinajstić information content (AvgIpc) is 2.48. The van der Waals surface area contributed by atoms with E-state index < -0.39 is 0 Å². The van der Waals surface area contributed by atoms with Gasteiger partial charge in [-0.05, 0) is 37.2 Å². The fourth-order valence-corrected chi connectivity index (χ4v) is 2.65. The average molecular weight is 302 g/mol. The molecular weight excluding hydrogens is 284 g/mol. The van der Waals surface area contributed by atoms with Crippen molar-refractivity contribution < 1.29 is 9.52 Å². The highest BCUT2D eigenvalue weighted by molar-refractivity contribution is 8.00. The van der Waals surface area contributed by atoms with Gasteiger partial charge >= 0.3 is 0 Å². The Bertz CT molecular complexity index is 614. The summed E-state index contributed by atoms with van der Waals surface area (Å²) in [5.41, 5.74) is 2.25. The first kappa shape index (κ1) is 15.4. The van der Waals surface area contributed by atoms with Crippen LogP contribution in [0.3, 0.4) is 0 Å². The van der Waals surface area contributed by atoms with Gasteiger partial charge in [0.1, 0.15) is 0 Å². The Labute approximate surface area is 128 Å². The summed E-state index contributed by atoms with van der Waals surface area (Å²) in [4.78, 5) is 12.1. The number of aromatic nitrogens is 1. The van der Waals surface area contributed by atoms with Crippen LogP contribution in [0.1, 0.15) is 18.1 Å². The zero-order valence-corrected chi connectivity index (χ0v) is 12.9. The zero-order valence-electron chi connectivity index (χ0n) is 12.1. The number of thioether (sulfide) groups is 1. The minimum absolute atomic E-state index is 0.0792. The molecule has 0 saturated carbocycles. The van der Waals surface area contributed by atoms with Gasteiger partial charge in [-0.1, -0.05) is 29.8 Å². The van der Waals surface area contributed by atoms with E-state index in [2.05, 4.69) is 5.32 Å². The van der Waals surface area contributed by atoms with Crippen LogP contribution < -0.4 is 10.0 Å². The fraction of sp³-hybridized carbons (Fsp3) is 0.250. The molecule has 0 saturated heterocycles. The standard InChI is InChI=1S/C16H18N2O2S/c1-12-6-8-14(9-7-12)11-17-16(19)13(2)21-15-5-3-4-10-18(15)20/h3-10,13H,11H2,1-2H3,(H,17,19). The topological polar surface area (TPSA) is 56.0 Å². The van der Waals surface area contributed by atoms with E-state index in [0.717, 1.165) is 10.3 Å². The lowest BCUT2D eigenvalue weighted by Crippen LogP contribution is -2.33. The molecule has 0 radical (unpaired) electrons. The summed E-state index contributed by atoms with van der Waals surface area (Å²) in [6.07, 6.45) is 1.43. The number of rotatable bonds is 5. The maximum absolute atomic E-state index is 12.1. The third kappa shape index (κ3) is 4.49. The summed E-state index contributed by atoms with van der Waals surface area (Å²) in [7, 11) is 0. The quantitative estimate of drug-likeness (QED) is 0.524. The molecule has 1 heterocycles. The number of benzene rings is 1. The van der Waals surface area contributed by atoms with Crippen molar-refractivity contribution in [1.29, 1.82) is 0 Å². The fourth-order valence-electron chi connectivity index (χ4n) is 1.78. The predicted molar refractivity (Wildman–Crippen MR) is 83.7 cm³/mol. The molecule has 1 N–H and O–H groups in total. The van der Waals surface area contributed by atoms with Crippen LogP contribution in [0.2, 0.25) is 0 Å². The highest BCUT2D eigenvalue weighted by Gasteiger charge is 2.18. The second-order valence-electron chi connectivity index (χ2n) is 4.83. The van der Waals surface area contributed by atoms with Gasteiger partial charge in [0.15, 0.2) is 6.20 Å². The van der Waals surface area contributed by atoms with E-state index in [1.807, 2.05) is 31.2 Å². The van der Waals surface area contributed by atoms with Gasteiger partial charge in [0.05, 0.1) is 5.25 Å². The molecule has 0 bridgehead atoms. The Morgan fingerprint density at radius 3 is 2.67 bits per heavy atom. The van der Waals surface area contributed by atoms with Crippen LogP contribution in [0.15, 0.2) is 53.7 Å². The van der Waals surface area contributed by atoms with Crippen LogP contribution >= 0.6 is 11.8 Å². The monoisotopic (exact) mass is 302 g/mol. The molecule has 110 valence electrons. The Morgan fingerprint density at radius 1 is 1.29 bits per heavy atom.